The molecule has 0 amide bonds. The fourth-order valence-electron chi connectivity index (χ4n) is 1.08. The molecule has 0 aliphatic carbocycles. The Balaban J connectivity index is 4.15. The monoisotopic (exact) mass is 218 g/mol. The van der Waals surface area contributed by atoms with Crippen LogP contribution in [0.3, 0.4) is 0 Å². The van der Waals surface area contributed by atoms with Crippen molar-refractivity contribution in [3.8, 4) is 0 Å². The highest BCUT2D eigenvalue weighted by Gasteiger charge is 2.31. The van der Waals surface area contributed by atoms with Crippen molar-refractivity contribution in [1.82, 2.24) is 0 Å². The van der Waals surface area contributed by atoms with Crippen LogP contribution in [0.15, 0.2) is 12.7 Å². The van der Waals surface area contributed by atoms with Gasteiger partial charge in [0.15, 0.2) is 9.84 Å². The molecule has 0 spiro atoms. The van der Waals surface area contributed by atoms with Gasteiger partial charge in [0.25, 0.3) is 0 Å². The summed E-state index contributed by atoms with van der Waals surface area (Å²) in [7, 11) is -2.92. The molecule has 84 valence electrons. The van der Waals surface area contributed by atoms with Crippen LogP contribution in [-0.2, 0) is 9.84 Å². The van der Waals surface area contributed by atoms with E-state index in [0.717, 1.165) is 19.3 Å². The van der Waals surface area contributed by atoms with Gasteiger partial charge < -0.3 is 0 Å². The molecule has 0 saturated heterocycles. The zero-order chi connectivity index (χ0) is 11.2. The molecule has 14 heavy (non-hydrogen) atoms. The van der Waals surface area contributed by atoms with E-state index >= 15 is 0 Å². The third kappa shape index (κ3) is 3.82. The van der Waals surface area contributed by atoms with Gasteiger partial charge in [0.05, 0.1) is 10.5 Å². The molecule has 0 unspecified atom stereocenters. The summed E-state index contributed by atoms with van der Waals surface area (Å²) in [6, 6.07) is 0. The zero-order valence-corrected chi connectivity index (χ0v) is 10.4. The van der Waals surface area contributed by atoms with Gasteiger partial charge in [0, 0.05) is 0 Å². The van der Waals surface area contributed by atoms with Gasteiger partial charge in [0.1, 0.15) is 0 Å². The summed E-state index contributed by atoms with van der Waals surface area (Å²) in [5.41, 5.74) is 0. The second-order valence-electron chi connectivity index (χ2n) is 4.22. The highest BCUT2D eigenvalue weighted by atomic mass is 32.2. The maximum absolute atomic E-state index is 11.8. The Morgan fingerprint density at radius 1 is 1.29 bits per heavy atom. The zero-order valence-electron chi connectivity index (χ0n) is 9.54. The third-order valence-corrected chi connectivity index (χ3v) is 5.56. The number of allylic oxidation sites excluding steroid dienone is 1. The van der Waals surface area contributed by atoms with E-state index in [9.17, 15) is 8.42 Å². The summed E-state index contributed by atoms with van der Waals surface area (Å²) in [4.78, 5) is 0. The van der Waals surface area contributed by atoms with Crippen molar-refractivity contribution in [2.75, 3.05) is 5.75 Å². The second-order valence-corrected chi connectivity index (χ2v) is 6.96. The Morgan fingerprint density at radius 2 is 1.86 bits per heavy atom. The molecule has 0 bridgehead atoms. The summed E-state index contributed by atoms with van der Waals surface area (Å²) in [5, 5.41) is 0. The van der Waals surface area contributed by atoms with Crippen LogP contribution in [0.25, 0.3) is 0 Å². The summed E-state index contributed by atoms with van der Waals surface area (Å²) in [5.74, 6) is 0.307. The standard InChI is InChI=1S/C11H22O2S/c1-5-7-8-9-10-14(12,13)11(3,4)6-2/h5H,1,6-10H2,2-4H3. The average Bonchev–Trinajstić information content (AvgIpc) is 2.12. The van der Waals surface area contributed by atoms with E-state index in [-0.39, 0.29) is 0 Å². The van der Waals surface area contributed by atoms with Crippen LogP contribution in [0.2, 0.25) is 0 Å². The molecule has 0 aliphatic heterocycles. The first-order valence-corrected chi connectivity index (χ1v) is 6.86. The van der Waals surface area contributed by atoms with Gasteiger partial charge in [-0.2, -0.15) is 0 Å². The Morgan fingerprint density at radius 3 is 2.29 bits per heavy atom. The molecule has 0 N–H and O–H groups in total. The predicted octanol–water partition coefficient (Wildman–Crippen LogP) is 2.95. The number of sulfone groups is 1. The summed E-state index contributed by atoms with van der Waals surface area (Å²) in [6.07, 6.45) is 5.08. The molecule has 0 aromatic heterocycles. The van der Waals surface area contributed by atoms with E-state index in [0.29, 0.717) is 12.2 Å². The number of unbranched alkanes of at least 4 members (excludes halogenated alkanes) is 2. The first-order chi connectivity index (χ1) is 6.37. The van der Waals surface area contributed by atoms with Crippen molar-refractivity contribution >= 4 is 9.84 Å². The van der Waals surface area contributed by atoms with E-state index in [1.165, 1.54) is 0 Å². The first-order valence-electron chi connectivity index (χ1n) is 5.20. The lowest BCUT2D eigenvalue weighted by Gasteiger charge is -2.22. The lowest BCUT2D eigenvalue weighted by Crippen LogP contribution is -2.33. The molecule has 0 rings (SSSR count). The van der Waals surface area contributed by atoms with Crippen molar-refractivity contribution in [2.45, 2.75) is 51.2 Å². The van der Waals surface area contributed by atoms with Gasteiger partial charge in [-0.25, -0.2) is 8.42 Å². The SMILES string of the molecule is C=CCCCCS(=O)(=O)C(C)(C)CC. The maximum atomic E-state index is 11.8. The average molecular weight is 218 g/mol. The quantitative estimate of drug-likeness (QED) is 0.486. The fourth-order valence-corrected chi connectivity index (χ4v) is 2.65. The second kappa shape index (κ2) is 5.54. The van der Waals surface area contributed by atoms with Crippen LogP contribution in [0.5, 0.6) is 0 Å². The smallest absolute Gasteiger partial charge is 0.155 e. The van der Waals surface area contributed by atoms with Gasteiger partial charge >= 0.3 is 0 Å². The van der Waals surface area contributed by atoms with Gasteiger partial charge in [0.2, 0.25) is 0 Å². The van der Waals surface area contributed by atoms with Crippen LogP contribution in [0.1, 0.15) is 46.5 Å². The van der Waals surface area contributed by atoms with Gasteiger partial charge in [-0.05, 0) is 39.5 Å². The molecule has 0 aliphatic rings. The normalized spacial score (nSPS) is 12.8. The van der Waals surface area contributed by atoms with E-state index < -0.39 is 14.6 Å². The highest BCUT2D eigenvalue weighted by molar-refractivity contribution is 7.92. The molecule has 0 aromatic rings. The Hall–Kier alpha value is -0.310. The van der Waals surface area contributed by atoms with E-state index in [2.05, 4.69) is 6.58 Å². The number of hydrogen-bond donors (Lipinski definition) is 0. The minimum atomic E-state index is -2.92. The van der Waals surface area contributed by atoms with Crippen molar-refractivity contribution in [2.24, 2.45) is 0 Å². The number of hydrogen-bond acceptors (Lipinski definition) is 2. The Kier molecular flexibility index (Phi) is 5.42. The van der Waals surface area contributed by atoms with E-state index in [1.807, 2.05) is 13.0 Å². The molecule has 0 saturated carbocycles. The van der Waals surface area contributed by atoms with Crippen LogP contribution in [-0.4, -0.2) is 18.9 Å². The predicted molar refractivity (Wildman–Crippen MR) is 62.2 cm³/mol. The minimum absolute atomic E-state index is 0.307. The molecule has 3 heteroatoms. The lowest BCUT2D eigenvalue weighted by molar-refractivity contribution is 0.535. The minimum Gasteiger partial charge on any atom is -0.228 e. The Labute approximate surface area is 88.3 Å². The maximum Gasteiger partial charge on any atom is 0.155 e. The largest absolute Gasteiger partial charge is 0.228 e. The lowest BCUT2D eigenvalue weighted by atomic mass is 10.1. The van der Waals surface area contributed by atoms with E-state index in [1.54, 1.807) is 13.8 Å². The van der Waals surface area contributed by atoms with Gasteiger partial charge in [-0.3, -0.25) is 0 Å². The van der Waals surface area contributed by atoms with E-state index in [4.69, 9.17) is 0 Å². The van der Waals surface area contributed by atoms with Crippen molar-refractivity contribution in [1.29, 1.82) is 0 Å². The van der Waals surface area contributed by atoms with Crippen LogP contribution < -0.4 is 0 Å². The fraction of sp³-hybridized carbons (Fsp3) is 0.818. The Bertz CT molecular complexity index is 263. The molecular weight excluding hydrogens is 196 g/mol. The summed E-state index contributed by atoms with van der Waals surface area (Å²) < 4.78 is 23.1. The highest BCUT2D eigenvalue weighted by Crippen LogP contribution is 2.22. The first kappa shape index (κ1) is 13.7. The molecule has 0 heterocycles. The molecule has 0 fully saturated rings. The molecule has 0 aromatic carbocycles. The topological polar surface area (TPSA) is 34.1 Å². The molecular formula is C11H22O2S. The number of rotatable bonds is 7. The molecule has 0 radical (unpaired) electrons. The third-order valence-electron chi connectivity index (χ3n) is 2.76. The van der Waals surface area contributed by atoms with Crippen LogP contribution in [0, 0.1) is 0 Å². The van der Waals surface area contributed by atoms with Crippen LogP contribution in [0.4, 0.5) is 0 Å². The van der Waals surface area contributed by atoms with Crippen molar-refractivity contribution in [3.05, 3.63) is 12.7 Å². The van der Waals surface area contributed by atoms with Crippen LogP contribution >= 0.6 is 0 Å². The van der Waals surface area contributed by atoms with Gasteiger partial charge in [-0.15, -0.1) is 6.58 Å². The summed E-state index contributed by atoms with van der Waals surface area (Å²) in [6.45, 7) is 9.13. The molecule has 0 atom stereocenters. The summed E-state index contributed by atoms with van der Waals surface area (Å²) >= 11 is 0. The molecule has 2 nitrogen and oxygen atoms in total. The van der Waals surface area contributed by atoms with Crippen molar-refractivity contribution in [3.63, 3.8) is 0 Å². The van der Waals surface area contributed by atoms with Crippen molar-refractivity contribution < 1.29 is 8.42 Å². The van der Waals surface area contributed by atoms with Gasteiger partial charge in [-0.1, -0.05) is 13.0 Å².